The molecule has 0 saturated carbocycles. The Morgan fingerprint density at radius 2 is 1.97 bits per heavy atom. The first-order chi connectivity index (χ1) is 14.2. The van der Waals surface area contributed by atoms with E-state index >= 15 is 0 Å². The van der Waals surface area contributed by atoms with Crippen molar-refractivity contribution in [2.45, 2.75) is 43.9 Å². The number of piperidine rings is 1. The number of pyridine rings is 1. The number of nitrogens with zero attached hydrogens (tertiary/aromatic N) is 2. The van der Waals surface area contributed by atoms with E-state index in [9.17, 15) is 4.39 Å². The average molecular weight is 391 g/mol. The van der Waals surface area contributed by atoms with E-state index in [1.807, 2.05) is 0 Å². The fourth-order valence-electron chi connectivity index (χ4n) is 4.90. The molecule has 3 aromatic rings. The zero-order valence-electron chi connectivity index (χ0n) is 16.4. The zero-order chi connectivity index (χ0) is 19.8. The van der Waals surface area contributed by atoms with Gasteiger partial charge < -0.3 is 10.5 Å². The first kappa shape index (κ1) is 18.5. The molecule has 1 aliphatic heterocycles. The molecule has 29 heavy (non-hydrogen) atoms. The average Bonchev–Trinajstić information content (AvgIpc) is 2.76. The first-order valence-electron chi connectivity index (χ1n) is 10.5. The predicted octanol–water partition coefficient (Wildman–Crippen LogP) is 4.23. The van der Waals surface area contributed by atoms with E-state index in [2.05, 4.69) is 34.1 Å². The third-order valence-corrected chi connectivity index (χ3v) is 6.31. The summed E-state index contributed by atoms with van der Waals surface area (Å²) in [6, 6.07) is 15.7. The summed E-state index contributed by atoms with van der Waals surface area (Å²) >= 11 is 0. The van der Waals surface area contributed by atoms with Crippen LogP contribution in [-0.2, 0) is 6.42 Å². The molecule has 5 rings (SSSR count). The van der Waals surface area contributed by atoms with Crippen LogP contribution in [0.5, 0.6) is 5.75 Å². The number of hydrogen-bond acceptors (Lipinski definition) is 4. The van der Waals surface area contributed by atoms with Crippen LogP contribution >= 0.6 is 0 Å². The molecular formula is C24H26FN3O. The van der Waals surface area contributed by atoms with Gasteiger partial charge in [-0.1, -0.05) is 24.3 Å². The van der Waals surface area contributed by atoms with Crippen molar-refractivity contribution in [3.05, 3.63) is 71.7 Å². The first-order valence-corrected chi connectivity index (χ1v) is 10.5. The monoisotopic (exact) mass is 391 g/mol. The Balaban J connectivity index is 1.55. The molecule has 3 atom stereocenters. The highest BCUT2D eigenvalue weighted by Gasteiger charge is 2.37. The van der Waals surface area contributed by atoms with Crippen LogP contribution in [0.4, 0.5) is 4.39 Å². The van der Waals surface area contributed by atoms with Gasteiger partial charge in [0.2, 0.25) is 0 Å². The molecule has 4 nitrogen and oxygen atoms in total. The van der Waals surface area contributed by atoms with Gasteiger partial charge in [0.05, 0.1) is 6.04 Å². The lowest BCUT2D eigenvalue weighted by Crippen LogP contribution is -2.51. The van der Waals surface area contributed by atoms with Gasteiger partial charge in [0.1, 0.15) is 23.2 Å². The Hall–Kier alpha value is -2.50. The van der Waals surface area contributed by atoms with Crippen molar-refractivity contribution in [3.63, 3.8) is 0 Å². The maximum absolute atomic E-state index is 14.3. The Morgan fingerprint density at radius 3 is 2.86 bits per heavy atom. The van der Waals surface area contributed by atoms with Gasteiger partial charge >= 0.3 is 0 Å². The molecule has 2 N–H and O–H groups in total. The molecule has 0 spiro atoms. The van der Waals surface area contributed by atoms with E-state index in [-0.39, 0.29) is 24.0 Å². The van der Waals surface area contributed by atoms with E-state index in [0.29, 0.717) is 16.7 Å². The minimum absolute atomic E-state index is 0.124. The lowest BCUT2D eigenvalue weighted by Gasteiger charge is -2.43. The lowest BCUT2D eigenvalue weighted by molar-refractivity contribution is 0.0374. The summed E-state index contributed by atoms with van der Waals surface area (Å²) in [5.74, 6) is 0.359. The van der Waals surface area contributed by atoms with E-state index in [1.165, 1.54) is 17.2 Å². The molecule has 5 heteroatoms. The Morgan fingerprint density at radius 1 is 1.07 bits per heavy atom. The summed E-state index contributed by atoms with van der Waals surface area (Å²) < 4.78 is 20.9. The molecule has 1 saturated heterocycles. The summed E-state index contributed by atoms with van der Waals surface area (Å²) in [5, 5.41) is 0.491. The SMILES string of the molecule is N[C@H]1CCCN([C@H]2CCc3ccccc3[C@@H]2Oc2ccc(F)c3cccnc23)C1. The topological polar surface area (TPSA) is 51.4 Å². The number of aromatic nitrogens is 1. The van der Waals surface area contributed by atoms with Gasteiger partial charge in [-0.15, -0.1) is 0 Å². The van der Waals surface area contributed by atoms with Crippen LogP contribution in [0.3, 0.4) is 0 Å². The number of nitrogens with two attached hydrogens (primary N) is 1. The van der Waals surface area contributed by atoms with Crippen molar-refractivity contribution in [2.24, 2.45) is 5.73 Å². The van der Waals surface area contributed by atoms with Crippen LogP contribution in [0.1, 0.15) is 36.5 Å². The molecule has 1 aliphatic carbocycles. The number of benzene rings is 2. The molecule has 0 amide bonds. The second-order valence-corrected chi connectivity index (χ2v) is 8.19. The number of ether oxygens (including phenoxy) is 1. The highest BCUT2D eigenvalue weighted by Crippen LogP contribution is 2.39. The molecule has 150 valence electrons. The van der Waals surface area contributed by atoms with Crippen molar-refractivity contribution < 1.29 is 9.13 Å². The van der Waals surface area contributed by atoms with Gasteiger partial charge in [-0.2, -0.15) is 0 Å². The fraction of sp³-hybridized carbons (Fsp3) is 0.375. The second kappa shape index (κ2) is 7.73. The van der Waals surface area contributed by atoms with Crippen LogP contribution in [0.25, 0.3) is 10.9 Å². The highest BCUT2D eigenvalue weighted by atomic mass is 19.1. The number of aryl methyl sites for hydroxylation is 1. The summed E-state index contributed by atoms with van der Waals surface area (Å²) in [7, 11) is 0. The Kier molecular flexibility index (Phi) is 4.94. The third-order valence-electron chi connectivity index (χ3n) is 6.31. The van der Waals surface area contributed by atoms with Crippen LogP contribution in [0, 0.1) is 5.82 Å². The molecule has 0 radical (unpaired) electrons. The van der Waals surface area contributed by atoms with Gasteiger partial charge in [-0.05, 0) is 67.6 Å². The van der Waals surface area contributed by atoms with Crippen molar-refractivity contribution in [2.75, 3.05) is 13.1 Å². The quantitative estimate of drug-likeness (QED) is 0.726. The van der Waals surface area contributed by atoms with Gasteiger partial charge in [-0.25, -0.2) is 4.39 Å². The summed E-state index contributed by atoms with van der Waals surface area (Å²) in [4.78, 5) is 6.91. The second-order valence-electron chi connectivity index (χ2n) is 8.19. The largest absolute Gasteiger partial charge is 0.482 e. The molecule has 2 heterocycles. The number of hydrogen-bond donors (Lipinski definition) is 1. The van der Waals surface area contributed by atoms with E-state index in [0.717, 1.165) is 38.8 Å². The molecule has 0 unspecified atom stereocenters. The molecular weight excluding hydrogens is 365 g/mol. The van der Waals surface area contributed by atoms with E-state index in [4.69, 9.17) is 10.5 Å². The van der Waals surface area contributed by atoms with Crippen molar-refractivity contribution in [1.29, 1.82) is 0 Å². The minimum Gasteiger partial charge on any atom is -0.482 e. The Bertz CT molecular complexity index is 1020. The maximum atomic E-state index is 14.3. The van der Waals surface area contributed by atoms with Crippen molar-refractivity contribution in [1.82, 2.24) is 9.88 Å². The molecule has 2 aromatic carbocycles. The van der Waals surface area contributed by atoms with Gasteiger partial charge in [0.25, 0.3) is 0 Å². The summed E-state index contributed by atoms with van der Waals surface area (Å²) in [6.07, 6.45) is 5.83. The molecule has 0 bridgehead atoms. The maximum Gasteiger partial charge on any atom is 0.146 e. The predicted molar refractivity (Wildman–Crippen MR) is 112 cm³/mol. The fourth-order valence-corrected chi connectivity index (χ4v) is 4.90. The van der Waals surface area contributed by atoms with Gasteiger partial charge in [-0.3, -0.25) is 9.88 Å². The van der Waals surface area contributed by atoms with Crippen molar-refractivity contribution >= 4 is 10.9 Å². The molecule has 2 aliphatic rings. The van der Waals surface area contributed by atoms with Crippen LogP contribution in [-0.4, -0.2) is 35.1 Å². The van der Waals surface area contributed by atoms with Gasteiger partial charge in [0, 0.05) is 24.2 Å². The number of likely N-dealkylation sites (tertiary alicyclic amines) is 1. The summed E-state index contributed by atoms with van der Waals surface area (Å²) in [6.45, 7) is 1.94. The summed E-state index contributed by atoms with van der Waals surface area (Å²) in [5.41, 5.74) is 9.40. The van der Waals surface area contributed by atoms with E-state index < -0.39 is 0 Å². The number of halogens is 1. The van der Waals surface area contributed by atoms with Crippen LogP contribution in [0.2, 0.25) is 0 Å². The standard InChI is InChI=1S/C24H26FN3O/c25-20-10-12-22(23-19(20)8-3-13-27-23)29-24-18-7-2-1-5-16(18)9-11-21(24)28-14-4-6-17(26)15-28/h1-3,5,7-8,10,12-13,17,21,24H,4,6,9,11,14-15,26H2/t17-,21-,24-/m0/s1. The lowest BCUT2D eigenvalue weighted by atomic mass is 9.84. The third kappa shape index (κ3) is 3.49. The molecule has 1 aromatic heterocycles. The van der Waals surface area contributed by atoms with Crippen LogP contribution < -0.4 is 10.5 Å². The van der Waals surface area contributed by atoms with Crippen LogP contribution in [0.15, 0.2) is 54.7 Å². The van der Waals surface area contributed by atoms with Crippen molar-refractivity contribution in [3.8, 4) is 5.75 Å². The smallest absolute Gasteiger partial charge is 0.146 e. The molecule has 1 fully saturated rings. The zero-order valence-corrected chi connectivity index (χ0v) is 16.4. The number of rotatable bonds is 3. The van der Waals surface area contributed by atoms with Gasteiger partial charge in [0.15, 0.2) is 0 Å². The highest BCUT2D eigenvalue weighted by molar-refractivity contribution is 5.84. The Labute approximate surface area is 170 Å². The minimum atomic E-state index is -0.275. The number of fused-ring (bicyclic) bond motifs is 2. The normalized spacial score (nSPS) is 25.0. The van der Waals surface area contributed by atoms with E-state index in [1.54, 1.807) is 24.4 Å².